The van der Waals surface area contributed by atoms with E-state index < -0.39 is 0 Å². The molecule has 1 aliphatic rings. The minimum atomic E-state index is 0.0423. The summed E-state index contributed by atoms with van der Waals surface area (Å²) >= 11 is 0. The van der Waals surface area contributed by atoms with E-state index in [-0.39, 0.29) is 5.92 Å². The molecule has 1 aromatic rings. The van der Waals surface area contributed by atoms with Crippen molar-refractivity contribution in [3.8, 4) is 6.07 Å². The highest BCUT2D eigenvalue weighted by Crippen LogP contribution is 2.27. The first-order valence-electron chi connectivity index (χ1n) is 5.75. The highest BCUT2D eigenvalue weighted by Gasteiger charge is 2.22. The van der Waals surface area contributed by atoms with Crippen molar-refractivity contribution < 1.29 is 0 Å². The highest BCUT2D eigenvalue weighted by molar-refractivity contribution is 5.92. The molecule has 0 aliphatic heterocycles. The number of aliphatic imine (C=N–C) groups is 1. The summed E-state index contributed by atoms with van der Waals surface area (Å²) < 4.78 is 0. The van der Waals surface area contributed by atoms with Gasteiger partial charge in [-0.05, 0) is 44.7 Å². The van der Waals surface area contributed by atoms with Gasteiger partial charge in [0.05, 0.1) is 17.7 Å². The van der Waals surface area contributed by atoms with Crippen LogP contribution in [0.3, 0.4) is 0 Å². The predicted molar refractivity (Wildman–Crippen MR) is 66.0 cm³/mol. The summed E-state index contributed by atoms with van der Waals surface area (Å²) in [4.78, 5) is 4.65. The molecule has 2 nitrogen and oxygen atoms in total. The Morgan fingerprint density at radius 1 is 1.38 bits per heavy atom. The topological polar surface area (TPSA) is 36.1 Å². The van der Waals surface area contributed by atoms with Crippen LogP contribution in [-0.4, -0.2) is 5.71 Å². The van der Waals surface area contributed by atoms with E-state index >= 15 is 0 Å². The molecule has 0 spiro atoms. The van der Waals surface area contributed by atoms with Crippen LogP contribution < -0.4 is 0 Å². The van der Waals surface area contributed by atoms with Crippen molar-refractivity contribution in [3.63, 3.8) is 0 Å². The maximum atomic E-state index is 9.00. The molecule has 0 N–H and O–H groups in total. The van der Waals surface area contributed by atoms with Crippen molar-refractivity contribution in [1.29, 1.82) is 5.26 Å². The summed E-state index contributed by atoms with van der Waals surface area (Å²) in [5.74, 6) is 0.0423. The van der Waals surface area contributed by atoms with Crippen LogP contribution in [0.15, 0.2) is 23.2 Å². The van der Waals surface area contributed by atoms with Gasteiger partial charge in [-0.2, -0.15) is 5.26 Å². The van der Waals surface area contributed by atoms with E-state index in [1.807, 2.05) is 6.07 Å². The number of rotatable bonds is 1. The van der Waals surface area contributed by atoms with Crippen LogP contribution in [0.1, 0.15) is 30.4 Å². The lowest BCUT2D eigenvalue weighted by molar-refractivity contribution is 0.795. The molecule has 2 rings (SSSR count). The maximum absolute atomic E-state index is 9.00. The summed E-state index contributed by atoms with van der Waals surface area (Å²) in [7, 11) is 0. The van der Waals surface area contributed by atoms with Crippen molar-refractivity contribution in [2.75, 3.05) is 0 Å². The van der Waals surface area contributed by atoms with Gasteiger partial charge < -0.3 is 0 Å². The number of nitriles is 1. The van der Waals surface area contributed by atoms with Crippen molar-refractivity contribution >= 4 is 11.4 Å². The second kappa shape index (κ2) is 4.49. The van der Waals surface area contributed by atoms with E-state index in [1.165, 1.54) is 11.1 Å². The molecule has 1 fully saturated rings. The summed E-state index contributed by atoms with van der Waals surface area (Å²) in [6, 6.07) is 8.59. The lowest BCUT2D eigenvalue weighted by atomic mass is 10.1. The zero-order valence-corrected chi connectivity index (χ0v) is 9.83. The Kier molecular flexibility index (Phi) is 3.05. The first-order valence-corrected chi connectivity index (χ1v) is 5.75. The molecular weight excluding hydrogens is 196 g/mol. The van der Waals surface area contributed by atoms with Crippen LogP contribution in [0.4, 0.5) is 5.69 Å². The van der Waals surface area contributed by atoms with Crippen LogP contribution in [-0.2, 0) is 0 Å². The number of hydrogen-bond acceptors (Lipinski definition) is 2. The lowest BCUT2D eigenvalue weighted by Gasteiger charge is -2.05. The van der Waals surface area contributed by atoms with E-state index in [4.69, 9.17) is 5.26 Å². The average Bonchev–Trinajstić information content (AvgIpc) is 2.69. The first kappa shape index (κ1) is 10.9. The molecule has 1 unspecified atom stereocenters. The quantitative estimate of drug-likeness (QED) is 0.699. The Morgan fingerprint density at radius 3 is 2.88 bits per heavy atom. The van der Waals surface area contributed by atoms with Crippen LogP contribution in [0.2, 0.25) is 0 Å². The molecule has 1 aromatic carbocycles. The highest BCUT2D eigenvalue weighted by atomic mass is 14.8. The Morgan fingerprint density at radius 2 is 2.19 bits per heavy atom. The summed E-state index contributed by atoms with van der Waals surface area (Å²) in [5, 5.41) is 9.00. The molecule has 0 bridgehead atoms. The molecule has 82 valence electrons. The molecule has 1 aliphatic carbocycles. The van der Waals surface area contributed by atoms with Crippen molar-refractivity contribution in [2.24, 2.45) is 10.9 Å². The van der Waals surface area contributed by atoms with Gasteiger partial charge in [0.1, 0.15) is 0 Å². The third kappa shape index (κ3) is 2.14. The average molecular weight is 212 g/mol. The summed E-state index contributed by atoms with van der Waals surface area (Å²) in [6.07, 6.45) is 3.05. The molecule has 2 heteroatoms. The first-order chi connectivity index (χ1) is 7.70. The lowest BCUT2D eigenvalue weighted by Crippen LogP contribution is -2.03. The fraction of sp³-hybridized carbons (Fsp3) is 0.429. The number of hydrogen-bond donors (Lipinski definition) is 0. The van der Waals surface area contributed by atoms with Gasteiger partial charge in [0.2, 0.25) is 0 Å². The van der Waals surface area contributed by atoms with Crippen molar-refractivity contribution in [2.45, 2.75) is 33.1 Å². The monoisotopic (exact) mass is 212 g/mol. The van der Waals surface area contributed by atoms with E-state index in [0.29, 0.717) is 0 Å². The van der Waals surface area contributed by atoms with E-state index in [9.17, 15) is 0 Å². The van der Waals surface area contributed by atoms with Gasteiger partial charge in [0.15, 0.2) is 0 Å². The molecule has 1 atom stereocenters. The Hall–Kier alpha value is -1.62. The van der Waals surface area contributed by atoms with Gasteiger partial charge in [0.25, 0.3) is 0 Å². The second-order valence-corrected chi connectivity index (χ2v) is 4.47. The molecular formula is C14H16N2. The smallest absolute Gasteiger partial charge is 0.0846 e. The third-order valence-electron chi connectivity index (χ3n) is 3.10. The summed E-state index contributed by atoms with van der Waals surface area (Å²) in [5.41, 5.74) is 4.53. The van der Waals surface area contributed by atoms with Crippen LogP contribution >= 0.6 is 0 Å². The standard InChI is InChI=1S/C14H16N2/c1-10-6-7-13(11(2)8-10)16-14-5-3-4-12(14)9-15/h6-8,12H,3-5H2,1-2H3. The molecule has 0 saturated heterocycles. The van der Waals surface area contributed by atoms with Gasteiger partial charge in [-0.3, -0.25) is 4.99 Å². The zero-order chi connectivity index (χ0) is 11.5. The van der Waals surface area contributed by atoms with Gasteiger partial charge >= 0.3 is 0 Å². The van der Waals surface area contributed by atoms with Gasteiger partial charge in [-0.25, -0.2) is 0 Å². The predicted octanol–water partition coefficient (Wildman–Crippen LogP) is 3.70. The van der Waals surface area contributed by atoms with Gasteiger partial charge in [-0.15, -0.1) is 0 Å². The Bertz CT molecular complexity index is 466. The van der Waals surface area contributed by atoms with Crippen molar-refractivity contribution in [1.82, 2.24) is 0 Å². The third-order valence-corrected chi connectivity index (χ3v) is 3.10. The second-order valence-electron chi connectivity index (χ2n) is 4.47. The van der Waals surface area contributed by atoms with E-state index in [1.54, 1.807) is 0 Å². The van der Waals surface area contributed by atoms with E-state index in [2.05, 4.69) is 37.0 Å². The summed E-state index contributed by atoms with van der Waals surface area (Å²) in [6.45, 7) is 4.15. The molecule has 0 radical (unpaired) electrons. The van der Waals surface area contributed by atoms with Crippen LogP contribution in [0.25, 0.3) is 0 Å². The van der Waals surface area contributed by atoms with E-state index in [0.717, 1.165) is 30.7 Å². The SMILES string of the molecule is Cc1ccc(N=C2CCCC2C#N)c(C)c1. The zero-order valence-electron chi connectivity index (χ0n) is 9.83. The molecule has 1 saturated carbocycles. The fourth-order valence-electron chi connectivity index (χ4n) is 2.19. The number of benzene rings is 1. The molecule has 0 aromatic heterocycles. The Balaban J connectivity index is 2.32. The minimum Gasteiger partial charge on any atom is -0.256 e. The van der Waals surface area contributed by atoms with Crippen LogP contribution in [0.5, 0.6) is 0 Å². The normalized spacial score (nSPS) is 22.3. The number of nitrogens with zero attached hydrogens (tertiary/aromatic N) is 2. The van der Waals surface area contributed by atoms with Gasteiger partial charge in [-0.1, -0.05) is 17.7 Å². The van der Waals surface area contributed by atoms with Crippen LogP contribution in [0, 0.1) is 31.1 Å². The van der Waals surface area contributed by atoms with Gasteiger partial charge in [0, 0.05) is 5.71 Å². The number of aryl methyl sites for hydroxylation is 2. The Labute approximate surface area is 96.6 Å². The van der Waals surface area contributed by atoms with Crippen molar-refractivity contribution in [3.05, 3.63) is 29.3 Å². The largest absolute Gasteiger partial charge is 0.256 e. The molecule has 0 heterocycles. The fourth-order valence-corrected chi connectivity index (χ4v) is 2.19. The maximum Gasteiger partial charge on any atom is 0.0846 e. The minimum absolute atomic E-state index is 0.0423. The molecule has 16 heavy (non-hydrogen) atoms. The molecule has 0 amide bonds.